The van der Waals surface area contributed by atoms with Crippen LogP contribution in [0.2, 0.25) is 0 Å². The van der Waals surface area contributed by atoms with Gasteiger partial charge < -0.3 is 15.2 Å². The topological polar surface area (TPSA) is 76.0 Å². The van der Waals surface area contributed by atoms with Crippen molar-refractivity contribution in [2.45, 2.75) is 25.8 Å². The van der Waals surface area contributed by atoms with Gasteiger partial charge in [0.15, 0.2) is 0 Å². The molecule has 1 atom stereocenters. The first kappa shape index (κ1) is 15.3. The molecule has 0 spiro atoms. The Morgan fingerprint density at radius 3 is 2.65 bits per heavy atom. The van der Waals surface area contributed by atoms with Gasteiger partial charge in [-0.15, -0.1) is 0 Å². The lowest BCUT2D eigenvalue weighted by Gasteiger charge is -2.15. The van der Waals surface area contributed by atoms with Gasteiger partial charge in [-0.05, 0) is 37.5 Å². The number of carbonyl (C=O) groups excluding carboxylic acids is 2. The highest BCUT2D eigenvalue weighted by Gasteiger charge is 2.29. The molecule has 23 heavy (non-hydrogen) atoms. The van der Waals surface area contributed by atoms with Crippen molar-refractivity contribution in [3.63, 3.8) is 0 Å². The molecule has 6 heteroatoms. The summed E-state index contributed by atoms with van der Waals surface area (Å²) in [5.74, 6) is -0.0707. The predicted octanol–water partition coefficient (Wildman–Crippen LogP) is 1.58. The van der Waals surface area contributed by atoms with Gasteiger partial charge in [0, 0.05) is 24.0 Å². The van der Waals surface area contributed by atoms with E-state index in [9.17, 15) is 9.59 Å². The lowest BCUT2D eigenvalue weighted by molar-refractivity contribution is -0.127. The number of carbonyl (C=O) groups is 2. The zero-order chi connectivity index (χ0) is 16.2. The number of nitrogens with zero attached hydrogens (tertiary/aromatic N) is 2. The molecule has 3 rings (SSSR count). The number of hydrogen-bond acceptors (Lipinski definition) is 3. The Labute approximate surface area is 134 Å². The standard InChI is InChI=1S/C17H20N4O2/c1-12(20-16(22)10-19-17(23)14-2-3-14)13-4-6-15(7-5-13)21-9-8-18-11-21/h4-9,11-12,14H,2-3,10H2,1H3,(H,19,23)(H,20,22). The van der Waals surface area contributed by atoms with Crippen LogP contribution in [0.1, 0.15) is 31.4 Å². The molecule has 0 bridgehead atoms. The first-order valence-electron chi connectivity index (χ1n) is 7.79. The van der Waals surface area contributed by atoms with Crippen LogP contribution in [0.15, 0.2) is 43.0 Å². The van der Waals surface area contributed by atoms with Gasteiger partial charge in [0.25, 0.3) is 0 Å². The van der Waals surface area contributed by atoms with E-state index in [1.54, 1.807) is 12.5 Å². The van der Waals surface area contributed by atoms with E-state index < -0.39 is 0 Å². The van der Waals surface area contributed by atoms with E-state index in [0.717, 1.165) is 24.1 Å². The zero-order valence-corrected chi connectivity index (χ0v) is 13.0. The fourth-order valence-corrected chi connectivity index (χ4v) is 2.38. The van der Waals surface area contributed by atoms with E-state index in [0.29, 0.717) is 0 Å². The average molecular weight is 312 g/mol. The van der Waals surface area contributed by atoms with E-state index in [1.165, 1.54) is 0 Å². The Hall–Kier alpha value is -2.63. The van der Waals surface area contributed by atoms with E-state index >= 15 is 0 Å². The lowest BCUT2D eigenvalue weighted by Crippen LogP contribution is -2.38. The molecule has 1 aromatic heterocycles. The normalized spacial score (nSPS) is 15.0. The predicted molar refractivity (Wildman–Crippen MR) is 85.9 cm³/mol. The summed E-state index contributed by atoms with van der Waals surface area (Å²) >= 11 is 0. The monoisotopic (exact) mass is 312 g/mol. The molecule has 0 saturated heterocycles. The summed E-state index contributed by atoms with van der Waals surface area (Å²) in [5, 5.41) is 5.56. The highest BCUT2D eigenvalue weighted by Crippen LogP contribution is 2.28. The smallest absolute Gasteiger partial charge is 0.239 e. The van der Waals surface area contributed by atoms with Crippen LogP contribution in [0.5, 0.6) is 0 Å². The van der Waals surface area contributed by atoms with Gasteiger partial charge in [0.05, 0.1) is 18.9 Å². The van der Waals surface area contributed by atoms with Gasteiger partial charge in [-0.3, -0.25) is 9.59 Å². The molecule has 1 aliphatic rings. The molecule has 1 aromatic carbocycles. The molecule has 2 N–H and O–H groups in total. The van der Waals surface area contributed by atoms with Gasteiger partial charge in [0.2, 0.25) is 11.8 Å². The summed E-state index contributed by atoms with van der Waals surface area (Å²) in [6.45, 7) is 1.96. The van der Waals surface area contributed by atoms with Crippen LogP contribution in [0.25, 0.3) is 5.69 Å². The Balaban J connectivity index is 1.51. The van der Waals surface area contributed by atoms with Crippen molar-refractivity contribution in [3.05, 3.63) is 48.5 Å². The third-order valence-electron chi connectivity index (χ3n) is 3.94. The Morgan fingerprint density at radius 2 is 2.04 bits per heavy atom. The number of nitrogens with one attached hydrogen (secondary N) is 2. The third kappa shape index (κ3) is 3.97. The Bertz CT molecular complexity index is 675. The van der Waals surface area contributed by atoms with Crippen LogP contribution in [-0.2, 0) is 9.59 Å². The quantitative estimate of drug-likeness (QED) is 0.850. The van der Waals surface area contributed by atoms with E-state index in [-0.39, 0.29) is 30.3 Å². The Morgan fingerprint density at radius 1 is 1.30 bits per heavy atom. The van der Waals surface area contributed by atoms with Gasteiger partial charge in [0.1, 0.15) is 0 Å². The number of hydrogen-bond donors (Lipinski definition) is 2. The summed E-state index contributed by atoms with van der Waals surface area (Å²) in [4.78, 5) is 27.4. The molecular weight excluding hydrogens is 292 g/mol. The summed E-state index contributed by atoms with van der Waals surface area (Å²) in [5.41, 5.74) is 2.03. The number of rotatable bonds is 6. The maximum absolute atomic E-state index is 11.9. The Kier molecular flexibility index (Phi) is 4.41. The first-order chi connectivity index (χ1) is 11.1. The van der Waals surface area contributed by atoms with Gasteiger partial charge in [-0.25, -0.2) is 4.98 Å². The van der Waals surface area contributed by atoms with E-state index in [2.05, 4.69) is 15.6 Å². The van der Waals surface area contributed by atoms with Gasteiger partial charge in [-0.2, -0.15) is 0 Å². The fraction of sp³-hybridized carbons (Fsp3) is 0.353. The molecule has 1 heterocycles. The first-order valence-corrected chi connectivity index (χ1v) is 7.79. The minimum atomic E-state index is -0.176. The minimum Gasteiger partial charge on any atom is -0.348 e. The third-order valence-corrected chi connectivity index (χ3v) is 3.94. The molecule has 2 aromatic rings. The van der Waals surface area contributed by atoms with Crippen LogP contribution < -0.4 is 10.6 Å². The summed E-state index contributed by atoms with van der Waals surface area (Å²) in [7, 11) is 0. The van der Waals surface area contributed by atoms with E-state index in [4.69, 9.17) is 0 Å². The largest absolute Gasteiger partial charge is 0.348 e. The van der Waals surface area contributed by atoms with Crippen molar-refractivity contribution in [2.75, 3.05) is 6.54 Å². The van der Waals surface area contributed by atoms with Crippen molar-refractivity contribution in [1.29, 1.82) is 0 Å². The summed E-state index contributed by atoms with van der Waals surface area (Å²) in [6.07, 6.45) is 7.22. The van der Waals surface area contributed by atoms with Crippen LogP contribution in [0.3, 0.4) is 0 Å². The maximum Gasteiger partial charge on any atom is 0.239 e. The molecule has 1 unspecified atom stereocenters. The second-order valence-corrected chi connectivity index (χ2v) is 5.84. The molecule has 2 amide bonds. The highest BCUT2D eigenvalue weighted by molar-refractivity contribution is 5.87. The number of benzene rings is 1. The zero-order valence-electron chi connectivity index (χ0n) is 13.0. The van der Waals surface area contributed by atoms with Crippen molar-refractivity contribution in [2.24, 2.45) is 5.92 Å². The van der Waals surface area contributed by atoms with Gasteiger partial charge in [-0.1, -0.05) is 12.1 Å². The number of amides is 2. The van der Waals surface area contributed by atoms with Crippen molar-refractivity contribution in [1.82, 2.24) is 20.2 Å². The minimum absolute atomic E-state index is 0.0162. The maximum atomic E-state index is 11.9. The number of aromatic nitrogens is 2. The van der Waals surface area contributed by atoms with Gasteiger partial charge >= 0.3 is 0 Å². The van der Waals surface area contributed by atoms with Crippen LogP contribution in [0.4, 0.5) is 0 Å². The molecule has 120 valence electrons. The summed E-state index contributed by atoms with van der Waals surface area (Å²) in [6, 6.07) is 7.80. The lowest BCUT2D eigenvalue weighted by atomic mass is 10.1. The van der Waals surface area contributed by atoms with Crippen LogP contribution in [-0.4, -0.2) is 27.9 Å². The average Bonchev–Trinajstić information content (AvgIpc) is 3.27. The molecule has 1 saturated carbocycles. The van der Waals surface area contributed by atoms with Crippen LogP contribution >= 0.6 is 0 Å². The van der Waals surface area contributed by atoms with Crippen molar-refractivity contribution >= 4 is 11.8 Å². The molecular formula is C17H20N4O2. The molecule has 6 nitrogen and oxygen atoms in total. The second-order valence-electron chi connectivity index (χ2n) is 5.84. The SMILES string of the molecule is CC(NC(=O)CNC(=O)C1CC1)c1ccc(-n2ccnc2)cc1. The van der Waals surface area contributed by atoms with Crippen molar-refractivity contribution in [3.8, 4) is 5.69 Å². The molecule has 1 aliphatic carbocycles. The highest BCUT2D eigenvalue weighted by atomic mass is 16.2. The summed E-state index contributed by atoms with van der Waals surface area (Å²) < 4.78 is 1.92. The molecule has 0 aliphatic heterocycles. The number of imidazole rings is 1. The molecule has 1 fully saturated rings. The van der Waals surface area contributed by atoms with Crippen LogP contribution in [0, 0.1) is 5.92 Å². The van der Waals surface area contributed by atoms with E-state index in [1.807, 2.05) is 42.0 Å². The fourth-order valence-electron chi connectivity index (χ4n) is 2.38. The molecule has 0 radical (unpaired) electrons. The van der Waals surface area contributed by atoms with Crippen molar-refractivity contribution < 1.29 is 9.59 Å². The second kappa shape index (κ2) is 6.64.